The summed E-state index contributed by atoms with van der Waals surface area (Å²) in [7, 11) is 0. The molecule has 0 radical (unpaired) electrons. The molecule has 0 aliphatic carbocycles. The van der Waals surface area contributed by atoms with Crippen molar-refractivity contribution < 1.29 is 37.7 Å². The summed E-state index contributed by atoms with van der Waals surface area (Å²) in [5.74, 6) is -0.894. The summed E-state index contributed by atoms with van der Waals surface area (Å²) in [5, 5.41) is -0.105. The molecule has 0 spiro atoms. The average molecular weight is 661 g/mol. The summed E-state index contributed by atoms with van der Waals surface area (Å²) in [6, 6.07) is 3.52. The van der Waals surface area contributed by atoms with Crippen LogP contribution in [-0.2, 0) is 9.47 Å². The second-order valence-corrected chi connectivity index (χ2v) is 14.8. The Balaban J connectivity index is 1.61. The molecule has 1 aromatic heterocycles. The van der Waals surface area contributed by atoms with Crippen LogP contribution in [0.3, 0.4) is 0 Å². The van der Waals surface area contributed by atoms with Crippen molar-refractivity contribution in [2.45, 2.75) is 91.0 Å². The molecule has 2 saturated heterocycles. The van der Waals surface area contributed by atoms with Crippen LogP contribution in [0.25, 0.3) is 11.3 Å². The Kier molecular flexibility index (Phi) is 8.82. The molecule has 2 aromatic rings. The van der Waals surface area contributed by atoms with E-state index in [1.807, 2.05) is 18.7 Å². The maximum Gasteiger partial charge on any atom is 0.514 e. The van der Waals surface area contributed by atoms with E-state index in [0.717, 1.165) is 12.8 Å². The first kappa shape index (κ1) is 33.6. The number of rotatable bonds is 3. The van der Waals surface area contributed by atoms with Gasteiger partial charge in [-0.15, -0.1) is 0 Å². The number of carbonyl (C=O) groups excluding carboxylic acids is 3. The van der Waals surface area contributed by atoms with Crippen molar-refractivity contribution in [3.8, 4) is 22.8 Å². The first-order valence-corrected chi connectivity index (χ1v) is 15.9. The predicted molar refractivity (Wildman–Crippen MR) is 170 cm³/mol. The van der Waals surface area contributed by atoms with Gasteiger partial charge in [-0.25, -0.2) is 19.0 Å². The molecule has 0 N–H and O–H groups in total. The molecule has 1 atom stereocenters. The molecule has 5 rings (SSSR count). The molecule has 1 aromatic carbocycles. The van der Waals surface area contributed by atoms with Crippen LogP contribution in [0.15, 0.2) is 18.2 Å². The highest BCUT2D eigenvalue weighted by atomic mass is 35.5. The minimum Gasteiger partial charge on any atom is -0.489 e. The van der Waals surface area contributed by atoms with Crippen LogP contribution in [0, 0.1) is 5.82 Å². The molecular weight excluding hydrogens is 619 g/mol. The molecule has 0 saturated carbocycles. The molecule has 3 aliphatic heterocycles. The van der Waals surface area contributed by atoms with Gasteiger partial charge in [0, 0.05) is 31.7 Å². The van der Waals surface area contributed by atoms with E-state index in [-0.39, 0.29) is 65.5 Å². The summed E-state index contributed by atoms with van der Waals surface area (Å²) in [5.41, 5.74) is -1.96. The van der Waals surface area contributed by atoms with Crippen molar-refractivity contribution >= 4 is 35.6 Å². The molecular formula is C33H42ClFN4O7. The van der Waals surface area contributed by atoms with E-state index in [0.29, 0.717) is 12.4 Å². The topological polar surface area (TPSA) is 111 Å². The maximum absolute atomic E-state index is 15.7. The number of aromatic nitrogens is 1. The van der Waals surface area contributed by atoms with Gasteiger partial charge in [-0.3, -0.25) is 4.79 Å². The van der Waals surface area contributed by atoms with Crippen molar-refractivity contribution in [2.75, 3.05) is 37.7 Å². The number of piperazine rings is 1. The predicted octanol–water partition coefficient (Wildman–Crippen LogP) is 6.69. The highest BCUT2D eigenvalue weighted by molar-refractivity contribution is 6.35. The Morgan fingerprint density at radius 3 is 2.37 bits per heavy atom. The normalized spacial score (nSPS) is 19.6. The van der Waals surface area contributed by atoms with Crippen molar-refractivity contribution in [3.63, 3.8) is 0 Å². The number of nitrogens with zero attached hydrogens (tertiary/aromatic N) is 4. The van der Waals surface area contributed by atoms with Gasteiger partial charge in [0.1, 0.15) is 51.5 Å². The lowest BCUT2D eigenvalue weighted by Crippen LogP contribution is -2.58. The van der Waals surface area contributed by atoms with Gasteiger partial charge in [-0.05, 0) is 80.4 Å². The van der Waals surface area contributed by atoms with Crippen LogP contribution < -0.4 is 14.4 Å². The van der Waals surface area contributed by atoms with Gasteiger partial charge in [-0.2, -0.15) is 0 Å². The number of benzene rings is 1. The molecule has 46 heavy (non-hydrogen) atoms. The van der Waals surface area contributed by atoms with Crippen LogP contribution in [0.2, 0.25) is 5.02 Å². The van der Waals surface area contributed by atoms with Gasteiger partial charge in [0.2, 0.25) is 0 Å². The monoisotopic (exact) mass is 660 g/mol. The number of carbonyl (C=O) groups is 3. The highest BCUT2D eigenvalue weighted by Crippen LogP contribution is 2.48. The molecule has 2 fully saturated rings. The Hall–Kier alpha value is -3.80. The van der Waals surface area contributed by atoms with Crippen LogP contribution in [0.5, 0.6) is 11.5 Å². The number of ether oxygens (including phenoxy) is 4. The smallest absolute Gasteiger partial charge is 0.489 e. The third-order valence-corrected chi connectivity index (χ3v) is 8.41. The van der Waals surface area contributed by atoms with Crippen LogP contribution in [0.4, 0.5) is 19.8 Å². The van der Waals surface area contributed by atoms with E-state index in [2.05, 4.69) is 0 Å². The number of pyridine rings is 1. The zero-order chi connectivity index (χ0) is 33.8. The molecule has 2 amide bonds. The van der Waals surface area contributed by atoms with E-state index < -0.39 is 40.8 Å². The number of halogens is 2. The Labute approximate surface area is 273 Å². The van der Waals surface area contributed by atoms with Crippen LogP contribution in [-0.4, -0.2) is 88.5 Å². The van der Waals surface area contributed by atoms with E-state index in [1.165, 1.54) is 18.2 Å². The molecule has 1 unspecified atom stereocenters. The number of hydrogen-bond acceptors (Lipinski definition) is 9. The van der Waals surface area contributed by atoms with Gasteiger partial charge in [-0.1, -0.05) is 17.7 Å². The molecule has 4 heterocycles. The molecule has 0 bridgehead atoms. The Bertz CT molecular complexity index is 1550. The quantitative estimate of drug-likeness (QED) is 0.263. The van der Waals surface area contributed by atoms with Crippen molar-refractivity contribution in [1.82, 2.24) is 14.8 Å². The average Bonchev–Trinajstić information content (AvgIpc) is 3.20. The SMILES string of the molecule is CC(C)(C)OC(=O)Oc1cccc(F)c1-c1nc(N2CCCC2(C)C)c2c(c1Cl)OCC1CN(C(=O)OC(C)(C)C)CCN1C2=O. The minimum absolute atomic E-state index is 0.0164. The van der Waals surface area contributed by atoms with Crippen molar-refractivity contribution in [2.24, 2.45) is 0 Å². The fraction of sp³-hybridized carbons (Fsp3) is 0.576. The van der Waals surface area contributed by atoms with Crippen LogP contribution in [0.1, 0.15) is 78.6 Å². The highest BCUT2D eigenvalue weighted by Gasteiger charge is 2.44. The van der Waals surface area contributed by atoms with Crippen molar-refractivity contribution in [3.05, 3.63) is 34.6 Å². The summed E-state index contributed by atoms with van der Waals surface area (Å²) < 4.78 is 38.4. The number of amides is 2. The Morgan fingerprint density at radius 2 is 1.74 bits per heavy atom. The lowest BCUT2D eigenvalue weighted by molar-refractivity contribution is 0.000933. The van der Waals surface area contributed by atoms with Crippen molar-refractivity contribution in [1.29, 1.82) is 0 Å². The molecule has 11 nitrogen and oxygen atoms in total. The number of anilines is 1. The van der Waals surface area contributed by atoms with Crippen LogP contribution >= 0.6 is 11.6 Å². The summed E-state index contributed by atoms with van der Waals surface area (Å²) in [4.78, 5) is 50.1. The largest absolute Gasteiger partial charge is 0.514 e. The third kappa shape index (κ3) is 6.82. The van der Waals surface area contributed by atoms with Gasteiger partial charge in [0.05, 0.1) is 11.6 Å². The van der Waals surface area contributed by atoms with E-state index >= 15 is 4.39 Å². The second-order valence-electron chi connectivity index (χ2n) is 14.4. The van der Waals surface area contributed by atoms with Gasteiger partial charge >= 0.3 is 12.2 Å². The third-order valence-electron chi connectivity index (χ3n) is 8.06. The van der Waals surface area contributed by atoms with Gasteiger partial charge < -0.3 is 33.6 Å². The zero-order valence-electron chi connectivity index (χ0n) is 27.7. The number of hydrogen-bond donors (Lipinski definition) is 0. The Morgan fingerprint density at radius 1 is 1.04 bits per heavy atom. The summed E-state index contributed by atoms with van der Waals surface area (Å²) in [6.45, 7) is 15.9. The second kappa shape index (κ2) is 12.1. The lowest BCUT2D eigenvalue weighted by Gasteiger charge is -2.40. The lowest BCUT2D eigenvalue weighted by atomic mass is 10.0. The fourth-order valence-corrected chi connectivity index (χ4v) is 6.27. The first-order valence-electron chi connectivity index (χ1n) is 15.5. The standard InChI is InChI=1S/C33H42ClFN4O7/c1-31(2,3)45-29(41)37-15-16-38-19(17-37)18-43-26-23(28(38)40)27(39-14-10-13-33(39,7)8)36-25(24(26)34)22-20(35)11-9-12-21(22)44-30(42)46-32(4,5)6/h9,11-12,19H,10,13-18H2,1-8H3. The molecule has 3 aliphatic rings. The maximum atomic E-state index is 15.7. The summed E-state index contributed by atoms with van der Waals surface area (Å²) in [6.07, 6.45) is 0.185. The van der Waals surface area contributed by atoms with E-state index in [4.69, 9.17) is 35.5 Å². The summed E-state index contributed by atoms with van der Waals surface area (Å²) >= 11 is 6.99. The van der Waals surface area contributed by atoms with E-state index in [1.54, 1.807) is 51.3 Å². The van der Waals surface area contributed by atoms with Gasteiger partial charge in [0.15, 0.2) is 5.75 Å². The fourth-order valence-electron chi connectivity index (χ4n) is 5.98. The van der Waals surface area contributed by atoms with Gasteiger partial charge in [0.25, 0.3) is 5.91 Å². The zero-order valence-corrected chi connectivity index (χ0v) is 28.4. The van der Waals surface area contributed by atoms with E-state index in [9.17, 15) is 14.4 Å². The first-order chi connectivity index (χ1) is 21.4. The minimum atomic E-state index is -1.02. The molecule has 13 heteroatoms. The molecule has 250 valence electrons. The number of fused-ring (bicyclic) bond motifs is 2.